The predicted molar refractivity (Wildman–Crippen MR) is 85.4 cm³/mol. The van der Waals surface area contributed by atoms with Crippen LogP contribution in [0.1, 0.15) is 31.4 Å². The fourth-order valence-electron chi connectivity index (χ4n) is 3.06. The highest BCUT2D eigenvalue weighted by atomic mass is 16.5. The Bertz CT molecular complexity index is 591. The number of amides is 3. The van der Waals surface area contributed by atoms with Crippen LogP contribution in [0, 0.1) is 0 Å². The number of ether oxygens (including phenoxy) is 2. The number of likely N-dealkylation sites (tertiary alicyclic amines) is 1. The van der Waals surface area contributed by atoms with Gasteiger partial charge in [-0.15, -0.1) is 0 Å². The number of nitrogens with one attached hydrogen (secondary N) is 1. The Hall–Kier alpha value is -2.28. The first-order chi connectivity index (χ1) is 11.0. The zero-order valence-corrected chi connectivity index (χ0v) is 13.7. The third-order valence-corrected chi connectivity index (χ3v) is 4.22. The quantitative estimate of drug-likeness (QED) is 0.855. The molecule has 2 rings (SSSR count). The molecule has 126 valence electrons. The molecule has 0 radical (unpaired) electrons. The second-order valence-electron chi connectivity index (χ2n) is 5.53. The van der Waals surface area contributed by atoms with E-state index in [0.29, 0.717) is 0 Å². The van der Waals surface area contributed by atoms with Crippen LogP contribution >= 0.6 is 0 Å². The molecule has 1 aromatic rings. The van der Waals surface area contributed by atoms with Gasteiger partial charge in [0, 0.05) is 17.7 Å². The molecule has 23 heavy (non-hydrogen) atoms. The highest BCUT2D eigenvalue weighted by molar-refractivity contribution is 5.96. The molecule has 1 fully saturated rings. The van der Waals surface area contributed by atoms with Gasteiger partial charge in [-0.25, -0.2) is 4.79 Å². The molecule has 1 aromatic carbocycles. The van der Waals surface area contributed by atoms with Gasteiger partial charge in [-0.2, -0.15) is 0 Å². The van der Waals surface area contributed by atoms with Crippen molar-refractivity contribution in [3.8, 4) is 11.5 Å². The van der Waals surface area contributed by atoms with Crippen LogP contribution in [0.3, 0.4) is 0 Å². The molecule has 1 aliphatic heterocycles. The highest BCUT2D eigenvalue weighted by Crippen LogP contribution is 2.39. The lowest BCUT2D eigenvalue weighted by Gasteiger charge is -2.30. The van der Waals surface area contributed by atoms with Gasteiger partial charge < -0.3 is 15.2 Å². The summed E-state index contributed by atoms with van der Waals surface area (Å²) in [6.07, 6.45) is 1.88. The van der Waals surface area contributed by atoms with Gasteiger partial charge in [0.25, 0.3) is 0 Å². The van der Waals surface area contributed by atoms with Gasteiger partial charge in [0.2, 0.25) is 5.91 Å². The van der Waals surface area contributed by atoms with Crippen molar-refractivity contribution in [2.24, 2.45) is 5.73 Å². The Morgan fingerprint density at radius 1 is 1.35 bits per heavy atom. The first-order valence-electron chi connectivity index (χ1n) is 7.56. The van der Waals surface area contributed by atoms with E-state index in [9.17, 15) is 9.59 Å². The zero-order valence-electron chi connectivity index (χ0n) is 13.7. The first kappa shape index (κ1) is 17.1. The molecule has 1 heterocycles. The van der Waals surface area contributed by atoms with Crippen molar-refractivity contribution < 1.29 is 19.1 Å². The predicted octanol–water partition coefficient (Wildman–Crippen LogP) is 1.42. The van der Waals surface area contributed by atoms with Crippen LogP contribution in [0.15, 0.2) is 18.2 Å². The molecule has 0 aliphatic carbocycles. The Morgan fingerprint density at radius 3 is 2.70 bits per heavy atom. The summed E-state index contributed by atoms with van der Waals surface area (Å²) in [5, 5.41) is 2.15. The molecular weight excluding hydrogens is 298 g/mol. The SMILES string of the molecule is COc1ccc([C@H]2CCCN2[C@H](C)C(=O)NC(N)=O)c(OC)c1. The fraction of sp³-hybridized carbons (Fsp3) is 0.500. The third-order valence-electron chi connectivity index (χ3n) is 4.22. The average molecular weight is 321 g/mol. The van der Waals surface area contributed by atoms with Crippen molar-refractivity contribution in [2.45, 2.75) is 31.8 Å². The average Bonchev–Trinajstić information content (AvgIpc) is 3.01. The van der Waals surface area contributed by atoms with Crippen LogP contribution in [0.2, 0.25) is 0 Å². The normalized spacial score (nSPS) is 19.2. The van der Waals surface area contributed by atoms with E-state index >= 15 is 0 Å². The van der Waals surface area contributed by atoms with E-state index < -0.39 is 18.0 Å². The van der Waals surface area contributed by atoms with E-state index in [2.05, 4.69) is 10.2 Å². The Morgan fingerprint density at radius 2 is 2.09 bits per heavy atom. The lowest BCUT2D eigenvalue weighted by Crippen LogP contribution is -2.48. The van der Waals surface area contributed by atoms with Gasteiger partial charge in [0.05, 0.1) is 20.3 Å². The molecule has 2 atom stereocenters. The number of hydrogen-bond donors (Lipinski definition) is 2. The maximum Gasteiger partial charge on any atom is 0.318 e. The molecule has 0 spiro atoms. The molecule has 1 aliphatic rings. The number of imide groups is 1. The topological polar surface area (TPSA) is 93.9 Å². The molecule has 3 N–H and O–H groups in total. The maximum absolute atomic E-state index is 12.1. The van der Waals surface area contributed by atoms with Gasteiger partial charge in [0.1, 0.15) is 11.5 Å². The van der Waals surface area contributed by atoms with Crippen molar-refractivity contribution in [1.29, 1.82) is 0 Å². The van der Waals surface area contributed by atoms with Crippen molar-refractivity contribution in [2.75, 3.05) is 20.8 Å². The fourth-order valence-corrected chi connectivity index (χ4v) is 3.06. The summed E-state index contributed by atoms with van der Waals surface area (Å²) in [4.78, 5) is 25.0. The van der Waals surface area contributed by atoms with Crippen molar-refractivity contribution >= 4 is 11.9 Å². The molecule has 3 amide bonds. The van der Waals surface area contributed by atoms with E-state index in [1.807, 2.05) is 18.2 Å². The highest BCUT2D eigenvalue weighted by Gasteiger charge is 2.34. The molecule has 0 unspecified atom stereocenters. The summed E-state index contributed by atoms with van der Waals surface area (Å²) in [5.41, 5.74) is 6.03. The summed E-state index contributed by atoms with van der Waals surface area (Å²) in [6.45, 7) is 2.54. The van der Waals surface area contributed by atoms with Crippen molar-refractivity contribution in [3.63, 3.8) is 0 Å². The summed E-state index contributed by atoms with van der Waals surface area (Å²) in [7, 11) is 3.22. The number of methoxy groups -OCH3 is 2. The molecule has 1 saturated heterocycles. The van der Waals surface area contributed by atoms with Crippen molar-refractivity contribution in [1.82, 2.24) is 10.2 Å². The monoisotopic (exact) mass is 321 g/mol. The van der Waals surface area contributed by atoms with E-state index in [1.165, 1.54) is 0 Å². The number of primary amides is 1. The number of rotatable bonds is 5. The van der Waals surface area contributed by atoms with Crippen molar-refractivity contribution in [3.05, 3.63) is 23.8 Å². The zero-order chi connectivity index (χ0) is 17.0. The minimum absolute atomic E-state index is 0.0458. The Labute approximate surface area is 135 Å². The summed E-state index contributed by atoms with van der Waals surface area (Å²) < 4.78 is 10.7. The minimum atomic E-state index is -0.834. The summed E-state index contributed by atoms with van der Waals surface area (Å²) in [5.74, 6) is 1.05. The van der Waals surface area contributed by atoms with Crippen LogP contribution in [0.5, 0.6) is 11.5 Å². The molecule has 7 nitrogen and oxygen atoms in total. The second-order valence-corrected chi connectivity index (χ2v) is 5.53. The smallest absolute Gasteiger partial charge is 0.318 e. The van der Waals surface area contributed by atoms with Crippen LogP contribution in [-0.4, -0.2) is 43.6 Å². The number of hydrogen-bond acceptors (Lipinski definition) is 5. The molecule has 0 aromatic heterocycles. The van der Waals surface area contributed by atoms with Gasteiger partial charge in [0.15, 0.2) is 0 Å². The van der Waals surface area contributed by atoms with Gasteiger partial charge >= 0.3 is 6.03 Å². The molecule has 0 bridgehead atoms. The first-order valence-corrected chi connectivity index (χ1v) is 7.56. The summed E-state index contributed by atoms with van der Waals surface area (Å²) >= 11 is 0. The van der Waals surface area contributed by atoms with Crippen LogP contribution in [0.4, 0.5) is 4.79 Å². The lowest BCUT2D eigenvalue weighted by molar-refractivity contribution is -0.125. The Balaban J connectivity index is 2.24. The van der Waals surface area contributed by atoms with Crippen LogP contribution in [0.25, 0.3) is 0 Å². The molecule has 7 heteroatoms. The number of nitrogens with zero attached hydrogens (tertiary/aromatic N) is 1. The minimum Gasteiger partial charge on any atom is -0.497 e. The number of carbonyl (C=O) groups is 2. The number of carbonyl (C=O) groups excluding carboxylic acids is 2. The Kier molecular flexibility index (Phi) is 5.44. The van der Waals surface area contributed by atoms with Gasteiger partial charge in [-0.3, -0.25) is 15.0 Å². The number of nitrogens with two attached hydrogens (primary N) is 1. The van der Waals surface area contributed by atoms with Gasteiger partial charge in [-0.05, 0) is 32.4 Å². The number of benzene rings is 1. The molecular formula is C16H23N3O4. The van der Waals surface area contributed by atoms with Crippen LogP contribution < -0.4 is 20.5 Å². The van der Waals surface area contributed by atoms with E-state index in [4.69, 9.17) is 15.2 Å². The lowest BCUT2D eigenvalue weighted by atomic mass is 10.0. The number of urea groups is 1. The van der Waals surface area contributed by atoms with E-state index in [0.717, 1.165) is 36.4 Å². The molecule has 0 saturated carbocycles. The third kappa shape index (κ3) is 3.73. The van der Waals surface area contributed by atoms with Crippen LogP contribution in [-0.2, 0) is 4.79 Å². The summed E-state index contributed by atoms with van der Waals surface area (Å²) in [6, 6.07) is 4.42. The largest absolute Gasteiger partial charge is 0.497 e. The standard InChI is InChI=1S/C16H23N3O4/c1-10(15(20)18-16(17)21)19-8-4-5-13(19)12-7-6-11(22-2)9-14(12)23-3/h6-7,9-10,13H,4-5,8H2,1-3H3,(H3,17,18,20,21)/t10-,13-/m1/s1. The van der Waals surface area contributed by atoms with E-state index in [-0.39, 0.29) is 6.04 Å². The second kappa shape index (κ2) is 7.32. The van der Waals surface area contributed by atoms with Gasteiger partial charge in [-0.1, -0.05) is 6.07 Å². The maximum atomic E-state index is 12.1. The van der Waals surface area contributed by atoms with E-state index in [1.54, 1.807) is 21.1 Å².